The van der Waals surface area contributed by atoms with E-state index in [1.807, 2.05) is 0 Å². The summed E-state index contributed by atoms with van der Waals surface area (Å²) in [6.07, 6.45) is -0.777. The van der Waals surface area contributed by atoms with Gasteiger partial charge in [0.1, 0.15) is 18.1 Å². The van der Waals surface area contributed by atoms with Crippen LogP contribution in [0.4, 0.5) is 5.69 Å². The lowest BCUT2D eigenvalue weighted by molar-refractivity contribution is -0.124. The molecule has 0 aliphatic carbocycles. The van der Waals surface area contributed by atoms with Crippen LogP contribution in [0.5, 0.6) is 11.5 Å². The van der Waals surface area contributed by atoms with Gasteiger partial charge in [-0.3, -0.25) is 9.59 Å². The fourth-order valence-electron chi connectivity index (χ4n) is 2.70. The van der Waals surface area contributed by atoms with Crippen LogP contribution in [0.1, 0.15) is 24.2 Å². The van der Waals surface area contributed by atoms with Gasteiger partial charge in [0.2, 0.25) is 0 Å². The van der Waals surface area contributed by atoms with E-state index in [0.29, 0.717) is 45.9 Å². The maximum atomic E-state index is 12.9. The van der Waals surface area contributed by atoms with Crippen molar-refractivity contribution in [2.75, 3.05) is 18.1 Å². The van der Waals surface area contributed by atoms with Crippen LogP contribution in [-0.2, 0) is 4.79 Å². The van der Waals surface area contributed by atoms with Gasteiger partial charge < -0.3 is 14.4 Å². The minimum absolute atomic E-state index is 0.0805. The van der Waals surface area contributed by atoms with E-state index < -0.39 is 6.10 Å². The first kappa shape index (κ1) is 18.5. The highest BCUT2D eigenvalue weighted by molar-refractivity contribution is 6.35. The molecule has 1 atom stereocenters. The van der Waals surface area contributed by atoms with Gasteiger partial charge in [-0.25, -0.2) is 0 Å². The van der Waals surface area contributed by atoms with Crippen LogP contribution >= 0.6 is 23.2 Å². The number of hydrogen-bond acceptors (Lipinski definition) is 4. The summed E-state index contributed by atoms with van der Waals surface area (Å²) in [5, 5.41) is 0.818. The van der Waals surface area contributed by atoms with Crippen LogP contribution in [0.3, 0.4) is 0 Å². The molecule has 1 heterocycles. The number of halogens is 2. The Bertz CT molecular complexity index is 869. The minimum Gasteiger partial charge on any atom is -0.490 e. The molecular weight excluding hydrogens is 377 g/mol. The van der Waals surface area contributed by atoms with Crippen molar-refractivity contribution in [3.63, 3.8) is 0 Å². The molecule has 0 bridgehead atoms. The molecular formula is C19H17Cl2NO4. The van der Waals surface area contributed by atoms with Crippen LogP contribution < -0.4 is 14.4 Å². The number of ether oxygens (including phenoxy) is 2. The highest BCUT2D eigenvalue weighted by Crippen LogP contribution is 2.34. The second kappa shape index (κ2) is 7.56. The maximum Gasteiger partial charge on any atom is 0.267 e. The number of ketones is 1. The van der Waals surface area contributed by atoms with Crippen molar-refractivity contribution in [2.45, 2.75) is 20.0 Å². The van der Waals surface area contributed by atoms with Crippen molar-refractivity contribution in [3.8, 4) is 11.5 Å². The van der Waals surface area contributed by atoms with Crippen LogP contribution in [0.2, 0.25) is 10.0 Å². The lowest BCUT2D eigenvalue weighted by Gasteiger charge is -2.31. The van der Waals surface area contributed by atoms with Crippen LogP contribution in [-0.4, -0.2) is 30.9 Å². The van der Waals surface area contributed by atoms with E-state index in [9.17, 15) is 9.59 Å². The molecule has 1 aliphatic rings. The molecule has 7 heteroatoms. The second-order valence-corrected chi connectivity index (χ2v) is 6.76. The molecule has 1 unspecified atom stereocenters. The molecule has 0 saturated carbocycles. The number of carbonyl (C=O) groups is 2. The van der Waals surface area contributed by atoms with Gasteiger partial charge in [-0.15, -0.1) is 0 Å². The summed E-state index contributed by atoms with van der Waals surface area (Å²) < 4.78 is 11.3. The molecule has 1 amide bonds. The number of Topliss-reactive ketones (excluding diaryl/α,β-unsaturated/α-hetero) is 1. The van der Waals surface area contributed by atoms with Gasteiger partial charge in [-0.2, -0.15) is 0 Å². The normalized spacial score (nSPS) is 14.2. The third kappa shape index (κ3) is 3.79. The third-order valence-electron chi connectivity index (χ3n) is 4.04. The monoisotopic (exact) mass is 393 g/mol. The average Bonchev–Trinajstić information content (AvgIpc) is 2.62. The average molecular weight is 394 g/mol. The topological polar surface area (TPSA) is 55.8 Å². The SMILES string of the molecule is CC(=O)c1ccc2c(c1)N(C(=O)C(C)Oc1ccc(Cl)cc1Cl)CCO2. The zero-order valence-corrected chi connectivity index (χ0v) is 15.8. The van der Waals surface area contributed by atoms with E-state index in [1.165, 1.54) is 6.92 Å². The predicted molar refractivity (Wildman–Crippen MR) is 101 cm³/mol. The number of benzene rings is 2. The standard InChI is InChI=1S/C19H17Cl2NO4/c1-11(23)13-3-5-18-16(9-13)22(7-8-25-18)19(24)12(2)26-17-6-4-14(20)10-15(17)21/h3-6,9-10,12H,7-8H2,1-2H3. The number of nitrogens with zero attached hydrogens (tertiary/aromatic N) is 1. The molecule has 3 rings (SSSR count). The van der Waals surface area contributed by atoms with E-state index in [4.69, 9.17) is 32.7 Å². The van der Waals surface area contributed by atoms with Gasteiger partial charge in [-0.05, 0) is 50.2 Å². The van der Waals surface area contributed by atoms with Crippen molar-refractivity contribution in [3.05, 3.63) is 52.0 Å². The van der Waals surface area contributed by atoms with E-state index in [-0.39, 0.29) is 11.7 Å². The predicted octanol–water partition coefficient (Wildman–Crippen LogP) is 4.39. The van der Waals surface area contributed by atoms with Crippen molar-refractivity contribution < 1.29 is 19.1 Å². The number of hydrogen-bond donors (Lipinski definition) is 0. The molecule has 2 aromatic carbocycles. The number of fused-ring (bicyclic) bond motifs is 1. The largest absolute Gasteiger partial charge is 0.490 e. The quantitative estimate of drug-likeness (QED) is 0.722. The van der Waals surface area contributed by atoms with Gasteiger partial charge in [0, 0.05) is 10.6 Å². The van der Waals surface area contributed by atoms with Crippen molar-refractivity contribution >= 4 is 40.6 Å². The van der Waals surface area contributed by atoms with Gasteiger partial charge in [0.05, 0.1) is 17.3 Å². The Kier molecular flexibility index (Phi) is 5.39. The zero-order valence-electron chi connectivity index (χ0n) is 14.3. The van der Waals surface area contributed by atoms with Crippen LogP contribution in [0.25, 0.3) is 0 Å². The molecule has 0 aromatic heterocycles. The Morgan fingerprint density at radius 3 is 2.65 bits per heavy atom. The summed E-state index contributed by atoms with van der Waals surface area (Å²) in [6.45, 7) is 3.87. The number of amides is 1. The highest BCUT2D eigenvalue weighted by atomic mass is 35.5. The first-order valence-electron chi connectivity index (χ1n) is 8.07. The smallest absolute Gasteiger partial charge is 0.267 e. The molecule has 5 nitrogen and oxygen atoms in total. The van der Waals surface area contributed by atoms with Crippen LogP contribution in [0, 0.1) is 0 Å². The molecule has 2 aromatic rings. The Morgan fingerprint density at radius 1 is 1.19 bits per heavy atom. The lowest BCUT2D eigenvalue weighted by atomic mass is 10.1. The summed E-state index contributed by atoms with van der Waals surface area (Å²) in [5.41, 5.74) is 1.08. The molecule has 1 aliphatic heterocycles. The van der Waals surface area contributed by atoms with E-state index in [1.54, 1.807) is 48.2 Å². The second-order valence-electron chi connectivity index (χ2n) is 5.91. The number of carbonyl (C=O) groups excluding carboxylic acids is 2. The van der Waals surface area contributed by atoms with Crippen molar-refractivity contribution in [1.29, 1.82) is 0 Å². The summed E-state index contributed by atoms with van der Waals surface area (Å²) in [6, 6.07) is 9.86. The Hall–Kier alpha value is -2.24. The fraction of sp³-hybridized carbons (Fsp3) is 0.263. The molecule has 0 fully saturated rings. The highest BCUT2D eigenvalue weighted by Gasteiger charge is 2.29. The van der Waals surface area contributed by atoms with Gasteiger partial charge >= 0.3 is 0 Å². The van der Waals surface area contributed by atoms with E-state index in [0.717, 1.165) is 0 Å². The Morgan fingerprint density at radius 2 is 1.96 bits per heavy atom. The first-order valence-corrected chi connectivity index (χ1v) is 8.83. The Labute approximate surface area is 161 Å². The van der Waals surface area contributed by atoms with Gasteiger partial charge in [-0.1, -0.05) is 23.2 Å². The molecule has 0 spiro atoms. The van der Waals surface area contributed by atoms with Crippen LogP contribution in [0.15, 0.2) is 36.4 Å². The molecule has 136 valence electrons. The molecule has 0 radical (unpaired) electrons. The number of rotatable bonds is 4. The van der Waals surface area contributed by atoms with Gasteiger partial charge in [0.15, 0.2) is 11.9 Å². The number of anilines is 1. The zero-order chi connectivity index (χ0) is 18.8. The maximum absolute atomic E-state index is 12.9. The third-order valence-corrected chi connectivity index (χ3v) is 4.57. The summed E-state index contributed by atoms with van der Waals surface area (Å²) in [4.78, 5) is 26.1. The summed E-state index contributed by atoms with van der Waals surface area (Å²) in [7, 11) is 0. The molecule has 0 saturated heterocycles. The Balaban J connectivity index is 1.84. The lowest BCUT2D eigenvalue weighted by Crippen LogP contribution is -2.44. The van der Waals surface area contributed by atoms with E-state index in [2.05, 4.69) is 0 Å². The molecule has 0 N–H and O–H groups in total. The summed E-state index contributed by atoms with van der Waals surface area (Å²) >= 11 is 12.0. The minimum atomic E-state index is -0.777. The van der Waals surface area contributed by atoms with Gasteiger partial charge in [0.25, 0.3) is 5.91 Å². The van der Waals surface area contributed by atoms with E-state index >= 15 is 0 Å². The van der Waals surface area contributed by atoms with Crippen molar-refractivity contribution in [2.24, 2.45) is 0 Å². The first-order chi connectivity index (χ1) is 12.4. The van der Waals surface area contributed by atoms with Crippen molar-refractivity contribution in [1.82, 2.24) is 0 Å². The summed E-state index contributed by atoms with van der Waals surface area (Å²) in [5.74, 6) is 0.610. The fourth-order valence-corrected chi connectivity index (χ4v) is 3.15. The molecule has 26 heavy (non-hydrogen) atoms.